The lowest BCUT2D eigenvalue weighted by Crippen LogP contribution is -2.17. The van der Waals surface area contributed by atoms with E-state index in [1.54, 1.807) is 13.1 Å². The molecule has 1 N–H and O–H groups in total. The van der Waals surface area contributed by atoms with Crippen molar-refractivity contribution >= 4 is 12.4 Å². The average molecular weight is 396 g/mol. The number of halogens is 5. The Balaban J connectivity index is 0.00000338. The molecule has 0 saturated heterocycles. The van der Waals surface area contributed by atoms with Gasteiger partial charge in [0, 0.05) is 37.2 Å². The molecule has 1 aromatic carbocycles. The van der Waals surface area contributed by atoms with Crippen LogP contribution in [-0.4, -0.2) is 22.5 Å². The average Bonchev–Trinajstić information content (AvgIpc) is 2.89. The largest absolute Gasteiger partial charge is 0.473 e. The molecule has 2 aromatic rings. The molecule has 0 saturated carbocycles. The molecular weight excluding hydrogens is 374 g/mol. The first kappa shape index (κ1) is 22.2. The Labute approximate surface area is 155 Å². The van der Waals surface area contributed by atoms with Gasteiger partial charge in [0.05, 0.1) is 5.69 Å². The molecule has 0 aliphatic rings. The molecule has 0 amide bonds. The number of nitrogens with one attached hydrogen (secondary N) is 1. The van der Waals surface area contributed by atoms with Gasteiger partial charge in [0.15, 0.2) is 11.6 Å². The van der Waals surface area contributed by atoms with Crippen molar-refractivity contribution in [3.05, 3.63) is 46.9 Å². The van der Waals surface area contributed by atoms with E-state index in [1.165, 1.54) is 18.5 Å². The second-order valence-corrected chi connectivity index (χ2v) is 6.34. The molecule has 9 heteroatoms. The van der Waals surface area contributed by atoms with Crippen LogP contribution in [0, 0.1) is 17.5 Å². The molecule has 0 aliphatic heterocycles. The molecule has 0 unspecified atom stereocenters. The number of aryl methyl sites for hydroxylation is 1. The highest BCUT2D eigenvalue weighted by atomic mass is 35.5. The normalized spacial score (nSPS) is 11.3. The number of nitrogens with zero attached hydrogens (tertiary/aromatic N) is 2. The number of alkyl halides is 1. The van der Waals surface area contributed by atoms with Crippen molar-refractivity contribution < 1.29 is 22.3 Å². The van der Waals surface area contributed by atoms with E-state index in [1.807, 2.05) is 0 Å². The summed E-state index contributed by atoms with van der Waals surface area (Å²) >= 11 is 0. The van der Waals surface area contributed by atoms with Crippen molar-refractivity contribution in [1.29, 1.82) is 0 Å². The van der Waals surface area contributed by atoms with Crippen molar-refractivity contribution in [1.82, 2.24) is 15.1 Å². The van der Waals surface area contributed by atoms with Gasteiger partial charge in [-0.15, -0.1) is 12.4 Å². The van der Waals surface area contributed by atoms with Crippen molar-refractivity contribution in [3.8, 4) is 5.88 Å². The zero-order valence-corrected chi connectivity index (χ0v) is 15.6. The molecule has 146 valence electrons. The van der Waals surface area contributed by atoms with E-state index in [-0.39, 0.29) is 37.5 Å². The third kappa shape index (κ3) is 6.17. The summed E-state index contributed by atoms with van der Waals surface area (Å²) in [6.07, 6.45) is 0.212. The Hall–Kier alpha value is -1.80. The standard InChI is InChI=1S/C17H21F4N3O.ClH/c1-17(2,21)4-5-24-16(7-12(23-24)9-22-3)25-10-11-6-14(19)15(20)8-13(11)18;/h6-8,22H,4-5,9-10H2,1-3H3;1H. The van der Waals surface area contributed by atoms with Crippen molar-refractivity contribution in [2.24, 2.45) is 0 Å². The first-order chi connectivity index (χ1) is 11.7. The summed E-state index contributed by atoms with van der Waals surface area (Å²) in [5.74, 6) is -3.00. The van der Waals surface area contributed by atoms with E-state index in [2.05, 4.69) is 10.4 Å². The molecule has 26 heavy (non-hydrogen) atoms. The van der Waals surface area contributed by atoms with Gasteiger partial charge in [-0.2, -0.15) is 5.10 Å². The Morgan fingerprint density at radius 3 is 2.38 bits per heavy atom. The van der Waals surface area contributed by atoms with Gasteiger partial charge in [-0.3, -0.25) is 0 Å². The molecule has 0 atom stereocenters. The van der Waals surface area contributed by atoms with Gasteiger partial charge in [-0.05, 0) is 27.0 Å². The van der Waals surface area contributed by atoms with Crippen molar-refractivity contribution in [2.75, 3.05) is 7.05 Å². The molecule has 0 bridgehead atoms. The van der Waals surface area contributed by atoms with E-state index in [9.17, 15) is 17.6 Å². The SMILES string of the molecule is CNCc1cc(OCc2cc(F)c(F)cc2F)n(CCC(C)(C)F)n1.Cl. The summed E-state index contributed by atoms with van der Waals surface area (Å²) in [5, 5.41) is 7.24. The topological polar surface area (TPSA) is 39.1 Å². The maximum atomic E-state index is 13.7. The molecule has 1 heterocycles. The van der Waals surface area contributed by atoms with Gasteiger partial charge >= 0.3 is 0 Å². The van der Waals surface area contributed by atoms with E-state index in [0.29, 0.717) is 24.2 Å². The zero-order valence-electron chi connectivity index (χ0n) is 14.8. The number of ether oxygens (including phenoxy) is 1. The summed E-state index contributed by atoms with van der Waals surface area (Å²) < 4.78 is 60.6. The van der Waals surface area contributed by atoms with Crippen LogP contribution in [0.3, 0.4) is 0 Å². The zero-order chi connectivity index (χ0) is 18.6. The molecule has 0 aliphatic carbocycles. The van der Waals surface area contributed by atoms with E-state index in [0.717, 1.165) is 6.07 Å². The molecular formula is C17H22ClF4N3O. The Kier molecular flexibility index (Phi) is 7.89. The fourth-order valence-corrected chi connectivity index (χ4v) is 2.19. The highest BCUT2D eigenvalue weighted by Gasteiger charge is 2.18. The predicted octanol–water partition coefficient (Wildman–Crippen LogP) is 4.16. The van der Waals surface area contributed by atoms with Crippen LogP contribution in [0.4, 0.5) is 17.6 Å². The monoisotopic (exact) mass is 395 g/mol. The number of hydrogen-bond donors (Lipinski definition) is 1. The Bertz CT molecular complexity index is 732. The van der Waals surface area contributed by atoms with E-state index < -0.39 is 23.1 Å². The van der Waals surface area contributed by atoms with Crippen LogP contribution in [0.15, 0.2) is 18.2 Å². The minimum atomic E-state index is -1.38. The van der Waals surface area contributed by atoms with Gasteiger partial charge < -0.3 is 10.1 Å². The summed E-state index contributed by atoms with van der Waals surface area (Å²) in [5.41, 5.74) is -0.828. The summed E-state index contributed by atoms with van der Waals surface area (Å²) in [4.78, 5) is 0. The summed E-state index contributed by atoms with van der Waals surface area (Å²) in [6.45, 7) is 3.36. The number of benzene rings is 1. The molecule has 4 nitrogen and oxygen atoms in total. The number of aromatic nitrogens is 2. The first-order valence-corrected chi connectivity index (χ1v) is 7.86. The maximum Gasteiger partial charge on any atom is 0.212 e. The fourth-order valence-electron chi connectivity index (χ4n) is 2.19. The quantitative estimate of drug-likeness (QED) is 0.539. The van der Waals surface area contributed by atoms with Crippen LogP contribution in [0.5, 0.6) is 5.88 Å². The molecule has 2 rings (SSSR count). The summed E-state index contributed by atoms with van der Waals surface area (Å²) in [7, 11) is 1.75. The minimum absolute atomic E-state index is 0. The van der Waals surface area contributed by atoms with Gasteiger partial charge in [0.1, 0.15) is 18.1 Å². The third-order valence-electron chi connectivity index (χ3n) is 3.53. The van der Waals surface area contributed by atoms with Gasteiger partial charge in [-0.1, -0.05) is 0 Å². The maximum absolute atomic E-state index is 13.7. The lowest BCUT2D eigenvalue weighted by atomic mass is 10.1. The molecule has 1 aromatic heterocycles. The highest BCUT2D eigenvalue weighted by Crippen LogP contribution is 2.21. The lowest BCUT2D eigenvalue weighted by molar-refractivity contribution is 0.183. The van der Waals surface area contributed by atoms with Crippen molar-refractivity contribution in [2.45, 2.75) is 45.6 Å². The van der Waals surface area contributed by atoms with E-state index >= 15 is 0 Å². The van der Waals surface area contributed by atoms with Crippen LogP contribution in [0.25, 0.3) is 0 Å². The second kappa shape index (κ2) is 9.23. The third-order valence-corrected chi connectivity index (χ3v) is 3.53. The van der Waals surface area contributed by atoms with Crippen LogP contribution in [-0.2, 0) is 19.7 Å². The second-order valence-electron chi connectivity index (χ2n) is 6.34. The van der Waals surface area contributed by atoms with Crippen molar-refractivity contribution in [3.63, 3.8) is 0 Å². The van der Waals surface area contributed by atoms with Crippen LogP contribution < -0.4 is 10.1 Å². The summed E-state index contributed by atoms with van der Waals surface area (Å²) in [6, 6.07) is 2.87. The number of hydrogen-bond acceptors (Lipinski definition) is 3. The Morgan fingerprint density at radius 2 is 1.77 bits per heavy atom. The first-order valence-electron chi connectivity index (χ1n) is 7.86. The van der Waals surface area contributed by atoms with E-state index in [4.69, 9.17) is 4.74 Å². The Morgan fingerprint density at radius 1 is 1.12 bits per heavy atom. The molecule has 0 spiro atoms. The van der Waals surface area contributed by atoms with Gasteiger partial charge in [0.2, 0.25) is 5.88 Å². The van der Waals surface area contributed by atoms with Crippen LogP contribution in [0.1, 0.15) is 31.5 Å². The lowest BCUT2D eigenvalue weighted by Gasteiger charge is -2.15. The van der Waals surface area contributed by atoms with Gasteiger partial charge in [0.25, 0.3) is 0 Å². The van der Waals surface area contributed by atoms with Crippen LogP contribution >= 0.6 is 12.4 Å². The fraction of sp³-hybridized carbons (Fsp3) is 0.471. The minimum Gasteiger partial charge on any atom is -0.473 e. The molecule has 0 fully saturated rings. The van der Waals surface area contributed by atoms with Crippen LogP contribution in [0.2, 0.25) is 0 Å². The van der Waals surface area contributed by atoms with Gasteiger partial charge in [-0.25, -0.2) is 22.2 Å². The predicted molar refractivity (Wildman–Crippen MR) is 92.7 cm³/mol. The number of rotatable bonds is 8. The highest BCUT2D eigenvalue weighted by molar-refractivity contribution is 5.85. The smallest absolute Gasteiger partial charge is 0.212 e. The molecule has 0 radical (unpaired) electrons.